The number of ether oxygens (including phenoxy) is 2. The molecule has 2 rings (SSSR count). The summed E-state index contributed by atoms with van der Waals surface area (Å²) < 4.78 is 10.5. The summed E-state index contributed by atoms with van der Waals surface area (Å²) in [6, 6.07) is 3.63. The van der Waals surface area contributed by atoms with Crippen LogP contribution in [0, 0.1) is 5.92 Å². The monoisotopic (exact) mass is 295 g/mol. The third kappa shape index (κ3) is 3.07. The Labute approximate surface area is 123 Å². The molecule has 0 fully saturated rings. The molecule has 20 heavy (non-hydrogen) atoms. The number of hydrogen-bond acceptors (Lipinski definition) is 3. The average molecular weight is 296 g/mol. The van der Waals surface area contributed by atoms with E-state index in [0.717, 1.165) is 24.1 Å². The van der Waals surface area contributed by atoms with Crippen LogP contribution in [0.2, 0.25) is 0 Å². The molecule has 5 heteroatoms. The maximum Gasteiger partial charge on any atom is 0.231 e. The Hall–Kier alpha value is -1.68. The first-order valence-corrected chi connectivity index (χ1v) is 7.04. The number of alkyl halides is 1. The van der Waals surface area contributed by atoms with Gasteiger partial charge in [0.1, 0.15) is 0 Å². The Balaban J connectivity index is 2.31. The molecule has 0 saturated heterocycles. The Bertz CT molecular complexity index is 528. The molecule has 1 atom stereocenters. The van der Waals surface area contributed by atoms with Crippen LogP contribution in [-0.2, 0) is 4.79 Å². The highest BCUT2D eigenvalue weighted by Crippen LogP contribution is 2.35. The van der Waals surface area contributed by atoms with Crippen molar-refractivity contribution in [2.45, 2.75) is 12.8 Å². The number of carbonyl (C=O) groups is 1. The highest BCUT2D eigenvalue weighted by atomic mass is 35.5. The van der Waals surface area contributed by atoms with Crippen LogP contribution < -0.4 is 14.8 Å². The lowest BCUT2D eigenvalue weighted by Crippen LogP contribution is -2.20. The quantitative estimate of drug-likeness (QED) is 0.848. The Kier molecular flexibility index (Phi) is 4.90. The number of hydrogen-bond donors (Lipinski definition) is 1. The zero-order valence-electron chi connectivity index (χ0n) is 11.6. The number of anilines is 1. The molecule has 4 nitrogen and oxygen atoms in total. The number of fused-ring (bicyclic) bond motifs is 1. The molecule has 1 aromatic rings. The minimum absolute atomic E-state index is 0.0164. The lowest BCUT2D eigenvalue weighted by molar-refractivity contribution is -0.118. The molecule has 0 aromatic heterocycles. The maximum atomic E-state index is 12.2. The summed E-state index contributed by atoms with van der Waals surface area (Å²) in [7, 11) is 3.16. The van der Waals surface area contributed by atoms with Gasteiger partial charge >= 0.3 is 0 Å². The molecule has 0 radical (unpaired) electrons. The summed E-state index contributed by atoms with van der Waals surface area (Å²) >= 11 is 5.69. The van der Waals surface area contributed by atoms with Crippen LogP contribution in [0.3, 0.4) is 0 Å². The van der Waals surface area contributed by atoms with E-state index in [2.05, 4.69) is 5.32 Å². The molecule has 1 amide bonds. The Morgan fingerprint density at radius 1 is 1.25 bits per heavy atom. The summed E-state index contributed by atoms with van der Waals surface area (Å²) in [5, 5.41) is 2.93. The molecule has 1 unspecified atom stereocenters. The minimum Gasteiger partial charge on any atom is -0.493 e. The van der Waals surface area contributed by atoms with Gasteiger partial charge in [-0.2, -0.15) is 0 Å². The fourth-order valence-corrected chi connectivity index (χ4v) is 2.35. The number of nitrogens with one attached hydrogen (secondary N) is 1. The smallest absolute Gasteiger partial charge is 0.231 e. The Morgan fingerprint density at radius 3 is 2.60 bits per heavy atom. The van der Waals surface area contributed by atoms with Gasteiger partial charge in [0.2, 0.25) is 5.91 Å². The topological polar surface area (TPSA) is 47.6 Å². The van der Waals surface area contributed by atoms with Crippen molar-refractivity contribution in [2.75, 3.05) is 25.4 Å². The first-order valence-electron chi connectivity index (χ1n) is 6.50. The van der Waals surface area contributed by atoms with Gasteiger partial charge in [-0.05, 0) is 18.9 Å². The maximum absolute atomic E-state index is 12.2. The largest absolute Gasteiger partial charge is 0.493 e. The minimum atomic E-state index is -0.155. The fourth-order valence-electron chi connectivity index (χ4n) is 2.20. The molecule has 0 bridgehead atoms. The van der Waals surface area contributed by atoms with Crippen molar-refractivity contribution in [3.8, 4) is 11.5 Å². The predicted octanol–water partition coefficient (Wildman–Crippen LogP) is 3.30. The number of carbonyl (C=O) groups excluding carboxylic acids is 1. The van der Waals surface area contributed by atoms with E-state index in [1.807, 2.05) is 18.2 Å². The lowest BCUT2D eigenvalue weighted by Gasteiger charge is -2.13. The third-order valence-electron chi connectivity index (χ3n) is 3.31. The summed E-state index contributed by atoms with van der Waals surface area (Å²) in [5.41, 5.74) is 1.64. The molecule has 1 aliphatic rings. The standard InChI is InChI=1S/C15H18ClNO3/c1-19-13-8-11-6-5-10(4-3-7-16)15(18)17-12(11)9-14(13)20-2/h5-6,8-10H,3-4,7H2,1-2H3,(H,17,18). The van der Waals surface area contributed by atoms with Crippen molar-refractivity contribution in [1.82, 2.24) is 0 Å². The number of benzene rings is 1. The van der Waals surface area contributed by atoms with Crippen molar-refractivity contribution in [3.63, 3.8) is 0 Å². The van der Waals surface area contributed by atoms with Gasteiger partial charge in [0, 0.05) is 17.5 Å². The number of rotatable bonds is 5. The number of halogens is 1. The first kappa shape index (κ1) is 14.7. The van der Waals surface area contributed by atoms with Gasteiger partial charge in [0.25, 0.3) is 0 Å². The van der Waals surface area contributed by atoms with E-state index in [1.54, 1.807) is 20.3 Å². The molecule has 0 saturated carbocycles. The second-order valence-corrected chi connectivity index (χ2v) is 4.96. The van der Waals surface area contributed by atoms with Gasteiger partial charge in [-0.1, -0.05) is 12.2 Å². The van der Waals surface area contributed by atoms with Crippen LogP contribution in [0.15, 0.2) is 18.2 Å². The normalized spacial score (nSPS) is 17.1. The van der Waals surface area contributed by atoms with Crippen LogP contribution in [-0.4, -0.2) is 26.0 Å². The van der Waals surface area contributed by atoms with Gasteiger partial charge in [0.05, 0.1) is 25.8 Å². The van der Waals surface area contributed by atoms with Crippen molar-refractivity contribution >= 4 is 29.3 Å². The Morgan fingerprint density at radius 2 is 1.95 bits per heavy atom. The van der Waals surface area contributed by atoms with Crippen LogP contribution >= 0.6 is 11.6 Å². The van der Waals surface area contributed by atoms with Crippen LogP contribution in [0.5, 0.6) is 11.5 Å². The van der Waals surface area contributed by atoms with E-state index in [4.69, 9.17) is 21.1 Å². The van der Waals surface area contributed by atoms with E-state index < -0.39 is 0 Å². The second-order valence-electron chi connectivity index (χ2n) is 4.58. The van der Waals surface area contributed by atoms with Gasteiger partial charge in [0.15, 0.2) is 11.5 Å². The van der Waals surface area contributed by atoms with Crippen molar-refractivity contribution in [3.05, 3.63) is 23.8 Å². The van der Waals surface area contributed by atoms with Crippen LogP contribution in [0.1, 0.15) is 18.4 Å². The summed E-state index contributed by atoms with van der Waals surface area (Å²) in [6.07, 6.45) is 5.41. The highest BCUT2D eigenvalue weighted by molar-refractivity contribution is 6.17. The molecule has 0 aliphatic carbocycles. The SMILES string of the molecule is COc1cc2c(cc1OC)NC(=O)C(CCCCl)C=C2. The molecule has 108 valence electrons. The van der Waals surface area contributed by atoms with Crippen molar-refractivity contribution in [1.29, 1.82) is 0 Å². The summed E-state index contributed by atoms with van der Waals surface area (Å²) in [5.74, 6) is 1.63. The first-order chi connectivity index (χ1) is 9.69. The highest BCUT2D eigenvalue weighted by Gasteiger charge is 2.20. The predicted molar refractivity (Wildman–Crippen MR) is 80.7 cm³/mol. The number of amides is 1. The lowest BCUT2D eigenvalue weighted by atomic mass is 10.0. The van der Waals surface area contributed by atoms with Gasteiger partial charge < -0.3 is 14.8 Å². The van der Waals surface area contributed by atoms with E-state index >= 15 is 0 Å². The van der Waals surface area contributed by atoms with Crippen LogP contribution in [0.4, 0.5) is 5.69 Å². The summed E-state index contributed by atoms with van der Waals surface area (Å²) in [6.45, 7) is 0. The molecule has 1 aromatic carbocycles. The molecule has 1 aliphatic heterocycles. The third-order valence-corrected chi connectivity index (χ3v) is 3.57. The van der Waals surface area contributed by atoms with Crippen molar-refractivity contribution < 1.29 is 14.3 Å². The summed E-state index contributed by atoms with van der Waals surface area (Å²) in [4.78, 5) is 12.2. The second kappa shape index (κ2) is 6.66. The van der Waals surface area contributed by atoms with Gasteiger partial charge in [-0.15, -0.1) is 11.6 Å². The van der Waals surface area contributed by atoms with E-state index in [0.29, 0.717) is 17.4 Å². The molecule has 1 N–H and O–H groups in total. The zero-order valence-corrected chi connectivity index (χ0v) is 12.4. The average Bonchev–Trinajstić information content (AvgIpc) is 2.61. The molecular formula is C15H18ClNO3. The fraction of sp³-hybridized carbons (Fsp3) is 0.400. The van der Waals surface area contributed by atoms with E-state index in [-0.39, 0.29) is 11.8 Å². The number of methoxy groups -OCH3 is 2. The van der Waals surface area contributed by atoms with E-state index in [9.17, 15) is 4.79 Å². The molecular weight excluding hydrogens is 278 g/mol. The van der Waals surface area contributed by atoms with Gasteiger partial charge in [-0.3, -0.25) is 4.79 Å². The molecule has 1 heterocycles. The van der Waals surface area contributed by atoms with E-state index in [1.165, 1.54) is 0 Å². The van der Waals surface area contributed by atoms with Crippen molar-refractivity contribution in [2.24, 2.45) is 5.92 Å². The van der Waals surface area contributed by atoms with Gasteiger partial charge in [-0.25, -0.2) is 0 Å². The zero-order chi connectivity index (χ0) is 14.5. The molecule has 0 spiro atoms. The van der Waals surface area contributed by atoms with Crippen LogP contribution in [0.25, 0.3) is 6.08 Å².